The van der Waals surface area contributed by atoms with Gasteiger partial charge in [0.2, 0.25) is 5.91 Å². The van der Waals surface area contributed by atoms with Gasteiger partial charge in [0.05, 0.1) is 16.1 Å². The summed E-state index contributed by atoms with van der Waals surface area (Å²) in [6, 6.07) is 8.13. The lowest BCUT2D eigenvalue weighted by Gasteiger charge is -2.62. The number of hydrogen-bond donors (Lipinski definition) is 1. The monoisotopic (exact) mass is 472 g/mol. The van der Waals surface area contributed by atoms with Gasteiger partial charge in [-0.3, -0.25) is 4.79 Å². The van der Waals surface area contributed by atoms with Crippen molar-refractivity contribution in [2.45, 2.75) is 18.6 Å². The highest BCUT2D eigenvalue weighted by atomic mass is 35.5. The Balaban J connectivity index is 1.37. The molecule has 0 aliphatic carbocycles. The number of rotatable bonds is 6. The minimum atomic E-state index is -2.96. The number of nitrogens with zero attached hydrogens (tertiary/aromatic N) is 5. The highest BCUT2D eigenvalue weighted by molar-refractivity contribution is 6.32. The molecule has 2 aliphatic heterocycles. The van der Waals surface area contributed by atoms with Crippen molar-refractivity contribution >= 4 is 45.9 Å². The molecule has 5 rings (SSSR count). The Labute approximate surface area is 192 Å². The Hall–Kier alpha value is -3.53. The number of carbonyl (C=O) groups is 1. The molecule has 2 saturated heterocycles. The van der Waals surface area contributed by atoms with Crippen LogP contribution >= 0.6 is 11.6 Å². The van der Waals surface area contributed by atoms with Crippen molar-refractivity contribution in [3.05, 3.63) is 54.3 Å². The molecule has 0 unspecified atom stereocenters. The van der Waals surface area contributed by atoms with Crippen LogP contribution in [0.1, 0.15) is 6.42 Å². The number of likely N-dealkylation sites (tertiary alicyclic amines) is 1. The predicted molar refractivity (Wildman–Crippen MR) is 120 cm³/mol. The van der Waals surface area contributed by atoms with Crippen molar-refractivity contribution < 1.29 is 18.3 Å². The highest BCUT2D eigenvalue weighted by Gasteiger charge is 2.55. The summed E-state index contributed by atoms with van der Waals surface area (Å²) in [6.45, 7) is 2.76. The van der Waals surface area contributed by atoms with Gasteiger partial charge in [0, 0.05) is 25.3 Å². The fraction of sp³-hybridized carbons (Fsp3) is 0.273. The summed E-state index contributed by atoms with van der Waals surface area (Å²) < 4.78 is 29.3. The van der Waals surface area contributed by atoms with Crippen LogP contribution in [-0.4, -0.2) is 57.5 Å². The Morgan fingerprint density at radius 1 is 1.27 bits per heavy atom. The number of hydrogen-bond acceptors (Lipinski definition) is 7. The summed E-state index contributed by atoms with van der Waals surface area (Å²) in [4.78, 5) is 29.3. The second-order valence-electron chi connectivity index (χ2n) is 7.93. The minimum absolute atomic E-state index is 0.0392. The van der Waals surface area contributed by atoms with Gasteiger partial charge < -0.3 is 19.9 Å². The molecule has 2 fully saturated rings. The lowest BCUT2D eigenvalue weighted by Crippen LogP contribution is -2.78. The van der Waals surface area contributed by atoms with Crippen molar-refractivity contribution in [1.29, 1.82) is 0 Å². The number of nitrogens with one attached hydrogen (secondary N) is 1. The first-order chi connectivity index (χ1) is 15.9. The molecule has 1 spiro atoms. The van der Waals surface area contributed by atoms with Crippen molar-refractivity contribution in [2.75, 3.05) is 29.9 Å². The molecule has 0 radical (unpaired) electrons. The number of halogens is 3. The van der Waals surface area contributed by atoms with E-state index in [0.29, 0.717) is 35.6 Å². The van der Waals surface area contributed by atoms with Crippen molar-refractivity contribution in [2.24, 2.45) is 0 Å². The summed E-state index contributed by atoms with van der Waals surface area (Å²) >= 11 is 6.05. The van der Waals surface area contributed by atoms with Crippen LogP contribution < -0.4 is 15.0 Å². The van der Waals surface area contributed by atoms with Crippen LogP contribution in [0, 0.1) is 0 Å². The van der Waals surface area contributed by atoms with E-state index < -0.39 is 6.61 Å². The summed E-state index contributed by atoms with van der Waals surface area (Å²) in [5.74, 6) is 1.04. The van der Waals surface area contributed by atoms with Gasteiger partial charge in [0.1, 0.15) is 23.4 Å². The SMILES string of the molecule is C=CC(=O)N1CCC12CN(c1ccc3ncnc(Nc4ccc(OC(F)F)c(Cl)c4)c3n1)C2. The summed E-state index contributed by atoms with van der Waals surface area (Å²) in [5, 5.41) is 3.15. The predicted octanol–water partition coefficient (Wildman–Crippen LogP) is 4.00. The molecular weight excluding hydrogens is 454 g/mol. The zero-order valence-electron chi connectivity index (χ0n) is 17.3. The Bertz CT molecular complexity index is 1250. The normalized spacial score (nSPS) is 16.5. The molecule has 1 aromatic carbocycles. The molecule has 8 nitrogen and oxygen atoms in total. The standard InChI is InChI=1S/C22H19ClF2N6O2/c1-2-18(32)31-8-7-22(31)10-30(11-22)17-6-4-15-19(29-17)20(27-12-26-15)28-13-3-5-16(14(23)9-13)33-21(24)25/h2-6,9,12,21H,1,7-8,10-11H2,(H,26,27,28). The van der Waals surface area contributed by atoms with Crippen LogP contribution in [0.25, 0.3) is 11.0 Å². The molecule has 11 heteroatoms. The maximum absolute atomic E-state index is 12.5. The average molecular weight is 473 g/mol. The number of pyridine rings is 1. The molecule has 33 heavy (non-hydrogen) atoms. The topological polar surface area (TPSA) is 83.5 Å². The first kappa shape index (κ1) is 21.3. The molecule has 2 aliphatic rings. The van der Waals surface area contributed by atoms with Gasteiger partial charge in [-0.05, 0) is 42.8 Å². The molecular formula is C22H19ClF2N6O2. The number of anilines is 3. The molecule has 1 N–H and O–H groups in total. The maximum Gasteiger partial charge on any atom is 0.387 e. The van der Waals surface area contributed by atoms with Crippen LogP contribution in [0.5, 0.6) is 5.75 Å². The molecule has 3 aromatic rings. The first-order valence-electron chi connectivity index (χ1n) is 10.2. The smallest absolute Gasteiger partial charge is 0.387 e. The van der Waals surface area contributed by atoms with E-state index in [1.165, 1.54) is 24.5 Å². The quantitative estimate of drug-likeness (QED) is 0.543. The van der Waals surface area contributed by atoms with E-state index in [2.05, 4.69) is 31.5 Å². The molecule has 0 bridgehead atoms. The van der Waals surface area contributed by atoms with Gasteiger partial charge >= 0.3 is 6.61 Å². The van der Waals surface area contributed by atoms with Gasteiger partial charge in [0.15, 0.2) is 5.82 Å². The first-order valence-corrected chi connectivity index (χ1v) is 10.6. The molecule has 4 heterocycles. The van der Waals surface area contributed by atoms with E-state index in [9.17, 15) is 13.6 Å². The molecule has 170 valence electrons. The number of benzene rings is 1. The highest BCUT2D eigenvalue weighted by Crippen LogP contribution is 2.41. The third-order valence-electron chi connectivity index (χ3n) is 5.99. The van der Waals surface area contributed by atoms with E-state index in [4.69, 9.17) is 16.6 Å². The molecule has 0 atom stereocenters. The zero-order valence-corrected chi connectivity index (χ0v) is 18.1. The molecule has 1 amide bonds. The van der Waals surface area contributed by atoms with E-state index in [1.807, 2.05) is 17.0 Å². The summed E-state index contributed by atoms with van der Waals surface area (Å²) in [6.07, 6.45) is 3.72. The van der Waals surface area contributed by atoms with Gasteiger partial charge in [-0.2, -0.15) is 8.78 Å². The maximum atomic E-state index is 12.5. The van der Waals surface area contributed by atoms with Gasteiger partial charge in [-0.25, -0.2) is 15.0 Å². The second-order valence-corrected chi connectivity index (χ2v) is 8.34. The fourth-order valence-electron chi connectivity index (χ4n) is 4.25. The molecule has 2 aromatic heterocycles. The van der Waals surface area contributed by atoms with E-state index >= 15 is 0 Å². The van der Waals surface area contributed by atoms with E-state index in [-0.39, 0.29) is 22.2 Å². The summed E-state index contributed by atoms with van der Waals surface area (Å²) in [7, 11) is 0. The van der Waals surface area contributed by atoms with Crippen LogP contribution in [-0.2, 0) is 4.79 Å². The Morgan fingerprint density at radius 2 is 2.09 bits per heavy atom. The van der Waals surface area contributed by atoms with Gasteiger partial charge in [-0.15, -0.1) is 0 Å². The van der Waals surface area contributed by atoms with Crippen LogP contribution in [0.2, 0.25) is 5.02 Å². The largest absolute Gasteiger partial charge is 0.433 e. The van der Waals surface area contributed by atoms with E-state index in [1.54, 1.807) is 6.07 Å². The van der Waals surface area contributed by atoms with Crippen molar-refractivity contribution in [1.82, 2.24) is 19.9 Å². The Morgan fingerprint density at radius 3 is 2.76 bits per heavy atom. The second kappa shape index (κ2) is 8.11. The molecule has 0 saturated carbocycles. The fourth-order valence-corrected chi connectivity index (χ4v) is 4.48. The van der Waals surface area contributed by atoms with Crippen molar-refractivity contribution in [3.63, 3.8) is 0 Å². The lowest BCUT2D eigenvalue weighted by molar-refractivity contribution is -0.144. The van der Waals surface area contributed by atoms with Crippen LogP contribution in [0.4, 0.5) is 26.1 Å². The van der Waals surface area contributed by atoms with Gasteiger partial charge in [-0.1, -0.05) is 18.2 Å². The average Bonchev–Trinajstić information content (AvgIpc) is 2.74. The third-order valence-corrected chi connectivity index (χ3v) is 6.28. The number of aromatic nitrogens is 3. The zero-order chi connectivity index (χ0) is 23.2. The minimum Gasteiger partial charge on any atom is -0.433 e. The number of carbonyl (C=O) groups excluding carboxylic acids is 1. The summed E-state index contributed by atoms with van der Waals surface area (Å²) in [5.41, 5.74) is 1.58. The number of fused-ring (bicyclic) bond motifs is 1. The number of ether oxygens (including phenoxy) is 1. The van der Waals surface area contributed by atoms with E-state index in [0.717, 1.165) is 18.8 Å². The van der Waals surface area contributed by atoms with Crippen molar-refractivity contribution in [3.8, 4) is 5.75 Å². The van der Waals surface area contributed by atoms with Gasteiger partial charge in [0.25, 0.3) is 0 Å². The lowest BCUT2D eigenvalue weighted by atomic mass is 9.77. The third kappa shape index (κ3) is 3.80. The Kier molecular flexibility index (Phi) is 5.24. The number of alkyl halides is 2. The van der Waals surface area contributed by atoms with Crippen LogP contribution in [0.15, 0.2) is 49.3 Å². The van der Waals surface area contributed by atoms with Crippen LogP contribution in [0.3, 0.4) is 0 Å². The number of amides is 1.